The second-order valence-corrected chi connectivity index (χ2v) is 6.36. The van der Waals surface area contributed by atoms with Crippen LogP contribution in [0.5, 0.6) is 11.5 Å². The third kappa shape index (κ3) is 3.94. The minimum Gasteiger partial charge on any atom is -0.495 e. The van der Waals surface area contributed by atoms with Crippen LogP contribution in [0.15, 0.2) is 42.6 Å². The van der Waals surface area contributed by atoms with E-state index >= 15 is 0 Å². The van der Waals surface area contributed by atoms with Crippen molar-refractivity contribution in [1.29, 1.82) is 0 Å². The molecule has 26 heavy (non-hydrogen) atoms. The zero-order valence-corrected chi connectivity index (χ0v) is 15.5. The number of ether oxygens (including phenoxy) is 2. The highest BCUT2D eigenvalue weighted by Gasteiger charge is 2.13. The molecule has 5 nitrogen and oxygen atoms in total. The van der Waals surface area contributed by atoms with Crippen molar-refractivity contribution in [1.82, 2.24) is 4.98 Å². The monoisotopic (exact) mass is 372 g/mol. The number of methoxy groups -OCH3 is 2. The van der Waals surface area contributed by atoms with E-state index in [4.69, 9.17) is 21.1 Å². The van der Waals surface area contributed by atoms with Crippen LogP contribution in [-0.2, 0) is 11.2 Å². The highest BCUT2D eigenvalue weighted by atomic mass is 35.5. The van der Waals surface area contributed by atoms with E-state index in [0.717, 1.165) is 18.4 Å². The number of aromatic amines is 1. The second-order valence-electron chi connectivity index (χ2n) is 5.95. The highest BCUT2D eigenvalue weighted by Crippen LogP contribution is 2.36. The number of amides is 1. The highest BCUT2D eigenvalue weighted by molar-refractivity contribution is 6.32. The summed E-state index contributed by atoms with van der Waals surface area (Å²) in [6.45, 7) is 0. The first kappa shape index (κ1) is 18.1. The van der Waals surface area contributed by atoms with Crippen LogP contribution in [-0.4, -0.2) is 25.1 Å². The summed E-state index contributed by atoms with van der Waals surface area (Å²) in [7, 11) is 3.07. The van der Waals surface area contributed by atoms with E-state index in [-0.39, 0.29) is 5.91 Å². The van der Waals surface area contributed by atoms with Crippen molar-refractivity contribution in [2.24, 2.45) is 0 Å². The Labute approximate surface area is 157 Å². The quantitative estimate of drug-likeness (QED) is 0.626. The molecule has 1 heterocycles. The zero-order valence-electron chi connectivity index (χ0n) is 14.8. The third-order valence-corrected chi connectivity index (χ3v) is 4.57. The molecular weight excluding hydrogens is 352 g/mol. The number of hydrogen-bond acceptors (Lipinski definition) is 3. The maximum absolute atomic E-state index is 12.3. The molecule has 0 atom stereocenters. The van der Waals surface area contributed by atoms with Crippen molar-refractivity contribution >= 4 is 34.1 Å². The summed E-state index contributed by atoms with van der Waals surface area (Å²) in [5.74, 6) is 0.932. The van der Waals surface area contributed by atoms with E-state index in [9.17, 15) is 4.79 Å². The molecule has 0 spiro atoms. The number of aromatic nitrogens is 1. The summed E-state index contributed by atoms with van der Waals surface area (Å²) in [6, 6.07) is 11.5. The summed E-state index contributed by atoms with van der Waals surface area (Å²) in [5, 5.41) is 4.48. The minimum absolute atomic E-state index is 0.0793. The molecule has 2 N–H and O–H groups in total. The van der Waals surface area contributed by atoms with Gasteiger partial charge in [-0.2, -0.15) is 0 Å². The standard InChI is InChI=1S/C20H21ClN2O3/c1-25-18-11-19(26-2)17(10-15(18)21)23-20(24)9-5-6-13-12-22-16-8-4-3-7-14(13)16/h3-4,7-8,10-12,22H,5-6,9H2,1-2H3,(H,23,24). The zero-order chi connectivity index (χ0) is 18.5. The summed E-state index contributed by atoms with van der Waals surface area (Å²) in [5.41, 5.74) is 2.87. The van der Waals surface area contributed by atoms with E-state index in [0.29, 0.717) is 28.6 Å². The molecule has 0 aliphatic carbocycles. The molecule has 0 saturated carbocycles. The molecule has 3 rings (SSSR count). The van der Waals surface area contributed by atoms with E-state index in [1.807, 2.05) is 24.4 Å². The Hall–Kier alpha value is -2.66. The van der Waals surface area contributed by atoms with Crippen LogP contribution in [0.4, 0.5) is 5.69 Å². The molecule has 1 amide bonds. The lowest BCUT2D eigenvalue weighted by molar-refractivity contribution is -0.116. The first-order valence-electron chi connectivity index (χ1n) is 8.38. The number of carbonyl (C=O) groups is 1. The van der Waals surface area contributed by atoms with Gasteiger partial charge in [0.1, 0.15) is 11.5 Å². The smallest absolute Gasteiger partial charge is 0.224 e. The summed E-state index contributed by atoms with van der Waals surface area (Å²) >= 11 is 6.13. The van der Waals surface area contributed by atoms with Crippen molar-refractivity contribution in [3.8, 4) is 11.5 Å². The summed E-state index contributed by atoms with van der Waals surface area (Å²) in [6.07, 6.45) is 4.00. The number of para-hydroxylation sites is 1. The van der Waals surface area contributed by atoms with Crippen molar-refractivity contribution < 1.29 is 14.3 Å². The number of H-pyrrole nitrogens is 1. The van der Waals surface area contributed by atoms with Crippen LogP contribution in [0.25, 0.3) is 10.9 Å². The van der Waals surface area contributed by atoms with Crippen LogP contribution in [0.1, 0.15) is 18.4 Å². The van der Waals surface area contributed by atoms with E-state index in [1.54, 1.807) is 12.1 Å². The van der Waals surface area contributed by atoms with Crippen LogP contribution in [0.2, 0.25) is 5.02 Å². The molecular formula is C20H21ClN2O3. The fourth-order valence-electron chi connectivity index (χ4n) is 2.95. The van der Waals surface area contributed by atoms with Gasteiger partial charge in [0.05, 0.1) is 24.9 Å². The number of aryl methyl sites for hydroxylation is 1. The number of rotatable bonds is 7. The average Bonchev–Trinajstić information content (AvgIpc) is 3.05. The Balaban J connectivity index is 1.60. The fourth-order valence-corrected chi connectivity index (χ4v) is 3.19. The van der Waals surface area contributed by atoms with Crippen molar-refractivity contribution in [2.45, 2.75) is 19.3 Å². The number of nitrogens with one attached hydrogen (secondary N) is 2. The molecule has 0 saturated heterocycles. The fraction of sp³-hybridized carbons (Fsp3) is 0.250. The van der Waals surface area contributed by atoms with Crippen LogP contribution in [0, 0.1) is 0 Å². The first-order valence-corrected chi connectivity index (χ1v) is 8.76. The molecule has 0 bridgehead atoms. The molecule has 6 heteroatoms. The van der Waals surface area contributed by atoms with Crippen molar-refractivity contribution in [2.75, 3.05) is 19.5 Å². The van der Waals surface area contributed by atoms with Gasteiger partial charge in [-0.15, -0.1) is 0 Å². The number of benzene rings is 2. The average molecular weight is 373 g/mol. The normalized spacial score (nSPS) is 10.7. The van der Waals surface area contributed by atoms with E-state index in [1.165, 1.54) is 25.2 Å². The SMILES string of the molecule is COc1cc(OC)c(NC(=O)CCCc2c[nH]c3ccccc23)cc1Cl. The summed E-state index contributed by atoms with van der Waals surface area (Å²) in [4.78, 5) is 15.5. The molecule has 136 valence electrons. The second kappa shape index (κ2) is 8.15. The topological polar surface area (TPSA) is 63.4 Å². The predicted octanol–water partition coefficient (Wildman–Crippen LogP) is 4.80. The van der Waals surface area contributed by atoms with E-state index < -0.39 is 0 Å². The van der Waals surface area contributed by atoms with Gasteiger partial charge in [-0.05, 0) is 30.5 Å². The molecule has 0 unspecified atom stereocenters. The van der Waals surface area contributed by atoms with Gasteiger partial charge in [0.15, 0.2) is 0 Å². The Morgan fingerprint density at radius 1 is 1.15 bits per heavy atom. The minimum atomic E-state index is -0.0793. The van der Waals surface area contributed by atoms with Crippen molar-refractivity contribution in [3.63, 3.8) is 0 Å². The van der Waals surface area contributed by atoms with Gasteiger partial charge in [0.25, 0.3) is 0 Å². The molecule has 0 radical (unpaired) electrons. The summed E-state index contributed by atoms with van der Waals surface area (Å²) < 4.78 is 10.5. The number of hydrogen-bond donors (Lipinski definition) is 2. The van der Waals surface area contributed by atoms with Gasteiger partial charge in [0.2, 0.25) is 5.91 Å². The Bertz CT molecular complexity index is 921. The lowest BCUT2D eigenvalue weighted by atomic mass is 10.1. The maximum atomic E-state index is 12.3. The van der Waals surface area contributed by atoms with Crippen LogP contribution in [0.3, 0.4) is 0 Å². The molecule has 2 aromatic carbocycles. The third-order valence-electron chi connectivity index (χ3n) is 4.27. The van der Waals surface area contributed by atoms with Gasteiger partial charge >= 0.3 is 0 Å². The number of halogens is 1. The Morgan fingerprint density at radius 2 is 1.92 bits per heavy atom. The first-order chi connectivity index (χ1) is 12.6. The molecule has 0 aliphatic rings. The van der Waals surface area contributed by atoms with Gasteiger partial charge in [-0.1, -0.05) is 29.8 Å². The lowest BCUT2D eigenvalue weighted by Crippen LogP contribution is -2.12. The lowest BCUT2D eigenvalue weighted by Gasteiger charge is -2.13. The largest absolute Gasteiger partial charge is 0.495 e. The van der Waals surface area contributed by atoms with Gasteiger partial charge < -0.3 is 19.8 Å². The van der Waals surface area contributed by atoms with Gasteiger partial charge in [-0.25, -0.2) is 0 Å². The van der Waals surface area contributed by atoms with Crippen LogP contribution < -0.4 is 14.8 Å². The Morgan fingerprint density at radius 3 is 2.69 bits per heavy atom. The molecule has 0 aliphatic heterocycles. The maximum Gasteiger partial charge on any atom is 0.224 e. The molecule has 0 fully saturated rings. The number of anilines is 1. The van der Waals surface area contributed by atoms with Gasteiger partial charge in [0, 0.05) is 29.6 Å². The number of fused-ring (bicyclic) bond motifs is 1. The molecule has 1 aromatic heterocycles. The Kier molecular flexibility index (Phi) is 5.68. The van der Waals surface area contributed by atoms with Crippen LogP contribution >= 0.6 is 11.6 Å². The molecule has 3 aromatic rings. The number of carbonyl (C=O) groups excluding carboxylic acids is 1. The van der Waals surface area contributed by atoms with Crippen molar-refractivity contribution in [3.05, 3.63) is 53.2 Å². The van der Waals surface area contributed by atoms with E-state index in [2.05, 4.69) is 16.4 Å². The predicted molar refractivity (Wildman–Crippen MR) is 104 cm³/mol. The van der Waals surface area contributed by atoms with Gasteiger partial charge in [-0.3, -0.25) is 4.79 Å².